The Labute approximate surface area is 105 Å². The average Bonchev–Trinajstić information content (AvgIpc) is 2.73. The smallest absolute Gasteiger partial charge is 0.138 e. The number of nitrogens with zero attached hydrogens (tertiary/aromatic N) is 3. The van der Waals surface area contributed by atoms with Gasteiger partial charge in [0, 0.05) is 30.7 Å². The molecule has 1 aromatic heterocycles. The molecular weight excluding hydrogens is 244 g/mol. The van der Waals surface area contributed by atoms with Crippen LogP contribution >= 0.6 is 23.1 Å². The summed E-state index contributed by atoms with van der Waals surface area (Å²) in [6.07, 6.45) is 2.51. The maximum Gasteiger partial charge on any atom is 0.138 e. The van der Waals surface area contributed by atoms with E-state index in [9.17, 15) is 0 Å². The molecule has 2 heterocycles. The molecule has 2 rings (SSSR count). The van der Waals surface area contributed by atoms with Gasteiger partial charge in [-0.3, -0.25) is 4.90 Å². The molecule has 1 unspecified atom stereocenters. The lowest BCUT2D eigenvalue weighted by Gasteiger charge is -2.33. The summed E-state index contributed by atoms with van der Waals surface area (Å²) >= 11 is 7.30. The van der Waals surface area contributed by atoms with Crippen molar-refractivity contribution in [2.45, 2.75) is 32.4 Å². The molecule has 1 aliphatic rings. The van der Waals surface area contributed by atoms with E-state index in [-0.39, 0.29) is 0 Å². The van der Waals surface area contributed by atoms with E-state index < -0.39 is 0 Å². The lowest BCUT2D eigenvalue weighted by Crippen LogP contribution is -2.45. The van der Waals surface area contributed by atoms with Crippen LogP contribution in [0.5, 0.6) is 0 Å². The molecule has 6 heteroatoms. The molecule has 90 valence electrons. The SMILES string of the molecule is CCN(Cc1nnsc1Cl)C1CCCNC1. The third-order valence-electron chi connectivity index (χ3n) is 3.06. The van der Waals surface area contributed by atoms with Crippen molar-refractivity contribution in [3.05, 3.63) is 10.0 Å². The van der Waals surface area contributed by atoms with Crippen LogP contribution in [0.4, 0.5) is 0 Å². The van der Waals surface area contributed by atoms with E-state index in [2.05, 4.69) is 26.7 Å². The number of piperidine rings is 1. The lowest BCUT2D eigenvalue weighted by atomic mass is 10.1. The fraction of sp³-hybridized carbons (Fsp3) is 0.800. The highest BCUT2D eigenvalue weighted by atomic mass is 35.5. The zero-order valence-corrected chi connectivity index (χ0v) is 11.0. The molecule has 1 saturated heterocycles. The quantitative estimate of drug-likeness (QED) is 0.896. The summed E-state index contributed by atoms with van der Waals surface area (Å²) in [5.74, 6) is 0. The van der Waals surface area contributed by atoms with Crippen molar-refractivity contribution in [2.75, 3.05) is 19.6 Å². The molecule has 0 aliphatic carbocycles. The second kappa shape index (κ2) is 5.91. The van der Waals surface area contributed by atoms with Gasteiger partial charge >= 0.3 is 0 Å². The van der Waals surface area contributed by atoms with E-state index in [1.54, 1.807) is 0 Å². The molecule has 0 spiro atoms. The fourth-order valence-electron chi connectivity index (χ4n) is 2.13. The van der Waals surface area contributed by atoms with Crippen LogP contribution in [0.25, 0.3) is 0 Å². The van der Waals surface area contributed by atoms with Gasteiger partial charge in [-0.2, -0.15) is 0 Å². The van der Waals surface area contributed by atoms with Crippen molar-refractivity contribution in [1.29, 1.82) is 0 Å². The highest BCUT2D eigenvalue weighted by Crippen LogP contribution is 2.21. The third-order valence-corrected chi connectivity index (χ3v) is 4.04. The lowest BCUT2D eigenvalue weighted by molar-refractivity contribution is 0.164. The molecule has 1 aliphatic heterocycles. The van der Waals surface area contributed by atoms with E-state index in [1.807, 2.05) is 0 Å². The van der Waals surface area contributed by atoms with E-state index in [0.29, 0.717) is 6.04 Å². The predicted octanol–water partition coefficient (Wildman–Crippen LogP) is 1.77. The van der Waals surface area contributed by atoms with Crippen molar-refractivity contribution >= 4 is 23.1 Å². The number of rotatable bonds is 4. The summed E-state index contributed by atoms with van der Waals surface area (Å²) in [4.78, 5) is 2.43. The van der Waals surface area contributed by atoms with E-state index in [4.69, 9.17) is 11.6 Å². The van der Waals surface area contributed by atoms with Gasteiger partial charge in [-0.05, 0) is 25.9 Å². The molecular formula is C10H17ClN4S. The molecule has 0 aromatic carbocycles. The zero-order chi connectivity index (χ0) is 11.4. The molecule has 4 nitrogen and oxygen atoms in total. The molecule has 0 saturated carbocycles. The highest BCUT2D eigenvalue weighted by Gasteiger charge is 2.21. The van der Waals surface area contributed by atoms with Gasteiger partial charge in [0.2, 0.25) is 0 Å². The Hall–Kier alpha value is -0.230. The third kappa shape index (κ3) is 2.91. The number of nitrogens with one attached hydrogen (secondary N) is 1. The molecule has 16 heavy (non-hydrogen) atoms. The maximum absolute atomic E-state index is 6.03. The van der Waals surface area contributed by atoms with Crippen LogP contribution in [0.1, 0.15) is 25.5 Å². The van der Waals surface area contributed by atoms with E-state index >= 15 is 0 Å². The van der Waals surface area contributed by atoms with Crippen molar-refractivity contribution in [3.63, 3.8) is 0 Å². The van der Waals surface area contributed by atoms with Crippen LogP contribution in [-0.2, 0) is 6.54 Å². The Morgan fingerprint density at radius 1 is 1.62 bits per heavy atom. The largest absolute Gasteiger partial charge is 0.315 e. The summed E-state index contributed by atoms with van der Waals surface area (Å²) in [6.45, 7) is 6.25. The standard InChI is InChI=1S/C10H17ClN4S/c1-2-15(8-4-3-5-12-6-8)7-9-10(11)16-14-13-9/h8,12H,2-7H2,1H3. The monoisotopic (exact) mass is 260 g/mol. The van der Waals surface area contributed by atoms with Crippen LogP contribution in [0, 0.1) is 0 Å². The van der Waals surface area contributed by atoms with Crippen molar-refractivity contribution in [1.82, 2.24) is 19.8 Å². The summed E-state index contributed by atoms with van der Waals surface area (Å²) in [5.41, 5.74) is 0.916. The van der Waals surface area contributed by atoms with Gasteiger partial charge in [-0.15, -0.1) is 5.10 Å². The second-order valence-corrected chi connectivity index (χ2v) is 5.41. The highest BCUT2D eigenvalue weighted by molar-refractivity contribution is 7.10. The Kier molecular flexibility index (Phi) is 4.52. The minimum Gasteiger partial charge on any atom is -0.315 e. The first-order chi connectivity index (χ1) is 7.81. The van der Waals surface area contributed by atoms with Crippen molar-refractivity contribution in [2.24, 2.45) is 0 Å². The topological polar surface area (TPSA) is 41.1 Å². The second-order valence-electron chi connectivity index (χ2n) is 4.06. The Morgan fingerprint density at radius 2 is 2.50 bits per heavy atom. The van der Waals surface area contributed by atoms with Gasteiger partial charge in [0.15, 0.2) is 0 Å². The van der Waals surface area contributed by atoms with Gasteiger partial charge in [0.05, 0.1) is 0 Å². The van der Waals surface area contributed by atoms with Gasteiger partial charge in [0.25, 0.3) is 0 Å². The fourth-order valence-corrected chi connectivity index (χ4v) is 2.74. The Morgan fingerprint density at radius 3 is 3.06 bits per heavy atom. The number of hydrogen-bond acceptors (Lipinski definition) is 5. The molecule has 0 amide bonds. The summed E-state index contributed by atoms with van der Waals surface area (Å²) < 4.78 is 4.60. The van der Waals surface area contributed by atoms with Crippen LogP contribution < -0.4 is 5.32 Å². The first kappa shape index (κ1) is 12.2. The van der Waals surface area contributed by atoms with Gasteiger partial charge in [-0.1, -0.05) is 23.0 Å². The molecule has 1 N–H and O–H groups in total. The molecule has 1 fully saturated rings. The van der Waals surface area contributed by atoms with Crippen molar-refractivity contribution in [3.8, 4) is 0 Å². The first-order valence-electron chi connectivity index (χ1n) is 5.72. The van der Waals surface area contributed by atoms with E-state index in [1.165, 1.54) is 24.4 Å². The van der Waals surface area contributed by atoms with Crippen LogP contribution in [-0.4, -0.2) is 40.2 Å². The Bertz CT molecular complexity index is 324. The molecule has 1 atom stereocenters. The van der Waals surface area contributed by atoms with Crippen LogP contribution in [0.2, 0.25) is 4.34 Å². The van der Waals surface area contributed by atoms with Crippen LogP contribution in [0.15, 0.2) is 0 Å². The Balaban J connectivity index is 1.97. The summed E-state index contributed by atoms with van der Waals surface area (Å²) in [7, 11) is 0. The molecule has 0 radical (unpaired) electrons. The minimum atomic E-state index is 0.608. The normalized spacial score (nSPS) is 21.6. The zero-order valence-electron chi connectivity index (χ0n) is 9.45. The number of hydrogen-bond donors (Lipinski definition) is 1. The molecule has 0 bridgehead atoms. The predicted molar refractivity (Wildman–Crippen MR) is 66.9 cm³/mol. The number of aromatic nitrogens is 2. The molecule has 1 aromatic rings. The number of likely N-dealkylation sites (N-methyl/N-ethyl adjacent to an activating group) is 1. The maximum atomic E-state index is 6.03. The van der Waals surface area contributed by atoms with Crippen LogP contribution in [0.3, 0.4) is 0 Å². The summed E-state index contributed by atoms with van der Waals surface area (Å²) in [6, 6.07) is 0.608. The summed E-state index contributed by atoms with van der Waals surface area (Å²) in [5, 5.41) is 7.51. The average molecular weight is 261 g/mol. The van der Waals surface area contributed by atoms with Gasteiger partial charge < -0.3 is 5.32 Å². The first-order valence-corrected chi connectivity index (χ1v) is 6.88. The van der Waals surface area contributed by atoms with Gasteiger partial charge in [0.1, 0.15) is 10.0 Å². The van der Waals surface area contributed by atoms with Crippen molar-refractivity contribution < 1.29 is 0 Å². The van der Waals surface area contributed by atoms with Gasteiger partial charge in [-0.25, -0.2) is 0 Å². The minimum absolute atomic E-state index is 0.608. The van der Waals surface area contributed by atoms with E-state index in [0.717, 1.165) is 36.2 Å². The number of halogens is 1.